The quantitative estimate of drug-likeness (QED) is 0.882. The molecule has 1 aliphatic heterocycles. The van der Waals surface area contributed by atoms with E-state index >= 15 is 0 Å². The molecule has 0 aromatic carbocycles. The van der Waals surface area contributed by atoms with Crippen LogP contribution in [0.3, 0.4) is 0 Å². The predicted molar refractivity (Wildman–Crippen MR) is 76.6 cm³/mol. The van der Waals surface area contributed by atoms with Crippen molar-refractivity contribution in [3.05, 3.63) is 17.5 Å². The largest absolute Gasteiger partial charge is 0.417 e. The normalized spacial score (nSPS) is 18.1. The van der Waals surface area contributed by atoms with Crippen LogP contribution in [0.2, 0.25) is 0 Å². The SMILES string of the molecule is CCc1nn(C)cc1CNC(=O)N1CCC(O)(C(F)(F)F)CC1. The molecule has 2 rings (SSSR count). The highest BCUT2D eigenvalue weighted by Gasteiger charge is 2.54. The molecule has 9 heteroatoms. The van der Waals surface area contributed by atoms with Gasteiger partial charge in [-0.25, -0.2) is 4.79 Å². The van der Waals surface area contributed by atoms with Gasteiger partial charge < -0.3 is 15.3 Å². The number of nitrogens with one attached hydrogen (secondary N) is 1. The summed E-state index contributed by atoms with van der Waals surface area (Å²) in [6, 6.07) is -0.430. The van der Waals surface area contributed by atoms with Crippen LogP contribution >= 0.6 is 0 Å². The van der Waals surface area contributed by atoms with Crippen LogP contribution in [0.15, 0.2) is 6.20 Å². The highest BCUT2D eigenvalue weighted by molar-refractivity contribution is 5.74. The Labute approximate surface area is 132 Å². The number of nitrogens with zero attached hydrogens (tertiary/aromatic N) is 3. The van der Waals surface area contributed by atoms with Gasteiger partial charge in [0.15, 0.2) is 5.60 Å². The van der Waals surface area contributed by atoms with Crippen LogP contribution < -0.4 is 5.32 Å². The maximum Gasteiger partial charge on any atom is 0.417 e. The van der Waals surface area contributed by atoms with Gasteiger partial charge in [0.1, 0.15) is 0 Å². The van der Waals surface area contributed by atoms with Crippen molar-refractivity contribution in [1.82, 2.24) is 20.0 Å². The standard InChI is InChI=1S/C14H21F3N4O2/c1-3-11-10(9-20(2)19-11)8-18-12(22)21-6-4-13(23,5-7-21)14(15,16)17/h9,23H,3-8H2,1-2H3,(H,18,22). The molecule has 2 heterocycles. The Balaban J connectivity index is 1.88. The van der Waals surface area contributed by atoms with E-state index in [0.29, 0.717) is 0 Å². The minimum absolute atomic E-state index is 0.129. The molecule has 0 atom stereocenters. The lowest BCUT2D eigenvalue weighted by molar-refractivity contribution is -0.271. The number of piperidine rings is 1. The Hall–Kier alpha value is -1.77. The maximum atomic E-state index is 12.7. The molecule has 0 radical (unpaired) electrons. The summed E-state index contributed by atoms with van der Waals surface area (Å²) in [7, 11) is 1.78. The number of aryl methyl sites for hydroxylation is 2. The van der Waals surface area contributed by atoms with Crippen molar-refractivity contribution in [1.29, 1.82) is 0 Å². The monoisotopic (exact) mass is 334 g/mol. The first kappa shape index (κ1) is 17.6. The highest BCUT2D eigenvalue weighted by Crippen LogP contribution is 2.38. The van der Waals surface area contributed by atoms with Crippen molar-refractivity contribution < 1.29 is 23.1 Å². The van der Waals surface area contributed by atoms with E-state index in [9.17, 15) is 23.1 Å². The lowest BCUT2D eigenvalue weighted by Gasteiger charge is -2.39. The molecule has 0 bridgehead atoms. The van der Waals surface area contributed by atoms with Gasteiger partial charge in [0, 0.05) is 51.3 Å². The number of amides is 2. The minimum Gasteiger partial charge on any atom is -0.380 e. The van der Waals surface area contributed by atoms with Crippen LogP contribution in [0.4, 0.5) is 18.0 Å². The Morgan fingerprint density at radius 2 is 2.04 bits per heavy atom. The van der Waals surface area contributed by atoms with Crippen molar-refractivity contribution in [2.24, 2.45) is 7.05 Å². The van der Waals surface area contributed by atoms with E-state index in [1.54, 1.807) is 17.9 Å². The van der Waals surface area contributed by atoms with E-state index in [4.69, 9.17) is 0 Å². The predicted octanol–water partition coefficient (Wildman–Crippen LogP) is 1.58. The molecule has 1 aromatic rings. The molecule has 2 N–H and O–H groups in total. The zero-order chi connectivity index (χ0) is 17.3. The average Bonchev–Trinajstić information content (AvgIpc) is 2.84. The van der Waals surface area contributed by atoms with Gasteiger partial charge in [-0.15, -0.1) is 0 Å². The Bertz CT molecular complexity index is 563. The third-order valence-electron chi connectivity index (χ3n) is 4.16. The number of aliphatic hydroxyl groups is 1. The maximum absolute atomic E-state index is 12.7. The van der Waals surface area contributed by atoms with Crippen LogP contribution in [0.25, 0.3) is 0 Å². The van der Waals surface area contributed by atoms with Crippen molar-refractivity contribution in [2.45, 2.75) is 44.5 Å². The van der Waals surface area contributed by atoms with Crippen LogP contribution in [-0.2, 0) is 20.0 Å². The number of hydrogen-bond donors (Lipinski definition) is 2. The summed E-state index contributed by atoms with van der Waals surface area (Å²) in [6.45, 7) is 1.97. The van der Waals surface area contributed by atoms with E-state index < -0.39 is 30.7 Å². The number of carbonyl (C=O) groups excluding carboxylic acids is 1. The van der Waals surface area contributed by atoms with Gasteiger partial charge in [-0.05, 0) is 6.42 Å². The minimum atomic E-state index is -4.67. The Morgan fingerprint density at radius 1 is 1.43 bits per heavy atom. The fraction of sp³-hybridized carbons (Fsp3) is 0.714. The first-order valence-corrected chi connectivity index (χ1v) is 7.49. The number of likely N-dealkylation sites (tertiary alicyclic amines) is 1. The molecule has 2 amide bonds. The average molecular weight is 334 g/mol. The number of hydrogen-bond acceptors (Lipinski definition) is 3. The first-order chi connectivity index (χ1) is 10.7. The van der Waals surface area contributed by atoms with Gasteiger partial charge in [0.2, 0.25) is 0 Å². The van der Waals surface area contributed by atoms with Crippen molar-refractivity contribution in [3.8, 4) is 0 Å². The zero-order valence-electron chi connectivity index (χ0n) is 13.2. The summed E-state index contributed by atoms with van der Waals surface area (Å²) in [6.07, 6.45) is -3.14. The van der Waals surface area contributed by atoms with Crippen molar-refractivity contribution >= 4 is 6.03 Å². The van der Waals surface area contributed by atoms with Gasteiger partial charge in [-0.3, -0.25) is 4.68 Å². The summed E-state index contributed by atoms with van der Waals surface area (Å²) in [5.74, 6) is 0. The lowest BCUT2D eigenvalue weighted by Crippen LogP contribution is -2.55. The number of urea groups is 1. The number of halogens is 3. The highest BCUT2D eigenvalue weighted by atomic mass is 19.4. The van der Waals surface area contributed by atoms with Gasteiger partial charge in [-0.2, -0.15) is 18.3 Å². The van der Waals surface area contributed by atoms with E-state index in [-0.39, 0.29) is 19.6 Å². The molecule has 6 nitrogen and oxygen atoms in total. The molecule has 1 saturated heterocycles. The van der Waals surface area contributed by atoms with Gasteiger partial charge in [0.05, 0.1) is 5.69 Å². The molecule has 0 unspecified atom stereocenters. The van der Waals surface area contributed by atoms with Gasteiger partial charge >= 0.3 is 12.2 Å². The first-order valence-electron chi connectivity index (χ1n) is 7.49. The fourth-order valence-electron chi connectivity index (χ4n) is 2.67. The van der Waals surface area contributed by atoms with E-state index in [0.717, 1.165) is 17.7 Å². The van der Waals surface area contributed by atoms with Gasteiger partial charge in [-0.1, -0.05) is 6.92 Å². The zero-order valence-corrected chi connectivity index (χ0v) is 13.2. The smallest absolute Gasteiger partial charge is 0.380 e. The van der Waals surface area contributed by atoms with E-state index in [2.05, 4.69) is 10.4 Å². The van der Waals surface area contributed by atoms with E-state index in [1.165, 1.54) is 4.90 Å². The number of carbonyl (C=O) groups is 1. The number of aromatic nitrogens is 2. The molecule has 0 saturated carbocycles. The number of rotatable bonds is 3. The molecule has 1 fully saturated rings. The van der Waals surface area contributed by atoms with Crippen LogP contribution in [-0.4, -0.2) is 50.7 Å². The topological polar surface area (TPSA) is 70.4 Å². The molecular weight excluding hydrogens is 313 g/mol. The van der Waals surface area contributed by atoms with Crippen LogP contribution in [0, 0.1) is 0 Å². The fourth-order valence-corrected chi connectivity index (χ4v) is 2.67. The summed E-state index contributed by atoms with van der Waals surface area (Å²) in [4.78, 5) is 13.4. The summed E-state index contributed by atoms with van der Waals surface area (Å²) in [5, 5.41) is 16.5. The Kier molecular flexibility index (Phi) is 4.88. The molecular formula is C14H21F3N4O2. The third-order valence-corrected chi connectivity index (χ3v) is 4.16. The Morgan fingerprint density at radius 3 is 2.57 bits per heavy atom. The van der Waals surface area contributed by atoms with E-state index in [1.807, 2.05) is 6.92 Å². The summed E-state index contributed by atoms with van der Waals surface area (Å²) in [5.41, 5.74) is -0.937. The summed E-state index contributed by atoms with van der Waals surface area (Å²) < 4.78 is 39.8. The van der Waals surface area contributed by atoms with Crippen molar-refractivity contribution in [3.63, 3.8) is 0 Å². The molecule has 23 heavy (non-hydrogen) atoms. The van der Waals surface area contributed by atoms with Gasteiger partial charge in [0.25, 0.3) is 0 Å². The molecule has 0 aliphatic carbocycles. The molecule has 1 aromatic heterocycles. The van der Waals surface area contributed by atoms with Crippen molar-refractivity contribution in [2.75, 3.05) is 13.1 Å². The molecule has 1 aliphatic rings. The van der Waals surface area contributed by atoms with Crippen LogP contribution in [0.1, 0.15) is 31.0 Å². The second-order valence-electron chi connectivity index (χ2n) is 5.80. The van der Waals surface area contributed by atoms with Crippen LogP contribution in [0.5, 0.6) is 0 Å². The number of alkyl halides is 3. The third kappa shape index (κ3) is 3.77. The second kappa shape index (κ2) is 6.38. The lowest BCUT2D eigenvalue weighted by atomic mass is 9.91. The second-order valence-corrected chi connectivity index (χ2v) is 5.80. The summed E-state index contributed by atoms with van der Waals surface area (Å²) >= 11 is 0. The molecule has 0 spiro atoms. The molecule has 130 valence electrons.